The van der Waals surface area contributed by atoms with Gasteiger partial charge in [-0.1, -0.05) is 0 Å². The Morgan fingerprint density at radius 3 is 2.65 bits per heavy atom. The topological polar surface area (TPSA) is 60.5 Å². The highest BCUT2D eigenvalue weighted by atomic mass is 32.1. The minimum Gasteiger partial charge on any atom is -0.497 e. The first-order chi connectivity index (χ1) is 9.63. The molecule has 5 nitrogen and oxygen atoms in total. The summed E-state index contributed by atoms with van der Waals surface area (Å²) in [6, 6.07) is 7.49. The lowest BCUT2D eigenvalue weighted by molar-refractivity contribution is 0.0519. The lowest BCUT2D eigenvalue weighted by atomic mass is 10.3. The summed E-state index contributed by atoms with van der Waals surface area (Å²) in [5.74, 6) is 0.405. The van der Waals surface area contributed by atoms with E-state index in [0.717, 1.165) is 16.3 Å². The molecule has 0 saturated carbocycles. The van der Waals surface area contributed by atoms with Gasteiger partial charge >= 0.3 is 5.97 Å². The van der Waals surface area contributed by atoms with Crippen molar-refractivity contribution in [3.8, 4) is 5.75 Å². The van der Waals surface area contributed by atoms with Gasteiger partial charge in [0.25, 0.3) is 0 Å². The summed E-state index contributed by atoms with van der Waals surface area (Å²) in [6.07, 6.45) is 0. The van der Waals surface area contributed by atoms with Crippen molar-refractivity contribution in [3.63, 3.8) is 0 Å². The van der Waals surface area contributed by atoms with Crippen molar-refractivity contribution < 1.29 is 14.3 Å². The van der Waals surface area contributed by atoms with E-state index in [4.69, 9.17) is 9.47 Å². The van der Waals surface area contributed by atoms with Crippen LogP contribution in [-0.2, 0) is 4.74 Å². The molecule has 0 unspecified atom stereocenters. The van der Waals surface area contributed by atoms with E-state index in [1.54, 1.807) is 14.0 Å². The molecule has 6 heteroatoms. The smallest absolute Gasteiger partial charge is 0.358 e. The van der Waals surface area contributed by atoms with Crippen LogP contribution in [0.25, 0.3) is 0 Å². The van der Waals surface area contributed by atoms with Crippen molar-refractivity contribution in [2.45, 2.75) is 13.8 Å². The first-order valence-corrected chi connectivity index (χ1v) is 7.01. The Morgan fingerprint density at radius 1 is 1.35 bits per heavy atom. The highest BCUT2D eigenvalue weighted by Crippen LogP contribution is 2.26. The summed E-state index contributed by atoms with van der Waals surface area (Å²) < 4.78 is 10.1. The second-order valence-electron chi connectivity index (χ2n) is 4.00. The van der Waals surface area contributed by atoms with Crippen LogP contribution in [0.3, 0.4) is 0 Å². The Kier molecular flexibility index (Phi) is 4.57. The van der Waals surface area contributed by atoms with Crippen molar-refractivity contribution in [2.75, 3.05) is 19.0 Å². The van der Waals surface area contributed by atoms with Gasteiger partial charge < -0.3 is 14.8 Å². The van der Waals surface area contributed by atoms with Gasteiger partial charge in [0.15, 0.2) is 10.8 Å². The van der Waals surface area contributed by atoms with E-state index < -0.39 is 0 Å². The summed E-state index contributed by atoms with van der Waals surface area (Å²) >= 11 is 1.42. The van der Waals surface area contributed by atoms with Gasteiger partial charge in [-0.25, -0.2) is 9.78 Å². The third kappa shape index (κ3) is 3.27. The van der Waals surface area contributed by atoms with Crippen LogP contribution in [0.1, 0.15) is 22.3 Å². The average Bonchev–Trinajstić information content (AvgIpc) is 2.81. The molecule has 1 aromatic carbocycles. The van der Waals surface area contributed by atoms with Gasteiger partial charge in [-0.05, 0) is 38.1 Å². The number of anilines is 2. The molecule has 0 fully saturated rings. The number of nitrogens with one attached hydrogen (secondary N) is 1. The Balaban J connectivity index is 2.13. The fraction of sp³-hybridized carbons (Fsp3) is 0.286. The van der Waals surface area contributed by atoms with Crippen molar-refractivity contribution in [1.82, 2.24) is 4.98 Å². The van der Waals surface area contributed by atoms with Crippen molar-refractivity contribution in [3.05, 3.63) is 34.8 Å². The number of esters is 1. The summed E-state index contributed by atoms with van der Waals surface area (Å²) in [4.78, 5) is 16.8. The van der Waals surface area contributed by atoms with Crippen LogP contribution in [0, 0.1) is 6.92 Å². The molecule has 0 saturated heterocycles. The fourth-order valence-electron chi connectivity index (χ4n) is 1.64. The number of ether oxygens (including phenoxy) is 2. The minimum absolute atomic E-state index is 0.344. The number of carbonyl (C=O) groups excluding carboxylic acids is 1. The molecule has 0 aliphatic rings. The lowest BCUT2D eigenvalue weighted by Crippen LogP contribution is -2.06. The van der Waals surface area contributed by atoms with Crippen LogP contribution in [0.15, 0.2) is 24.3 Å². The second kappa shape index (κ2) is 6.38. The van der Waals surface area contributed by atoms with Gasteiger partial charge in [0.05, 0.1) is 13.7 Å². The standard InChI is InChI=1S/C14H16N2O3S/c1-4-19-13(17)12-9(2)20-14(16-12)15-10-5-7-11(18-3)8-6-10/h5-8H,4H2,1-3H3,(H,15,16). The van der Waals surface area contributed by atoms with Crippen LogP contribution < -0.4 is 10.1 Å². The SMILES string of the molecule is CCOC(=O)c1nc(Nc2ccc(OC)cc2)sc1C. The van der Waals surface area contributed by atoms with E-state index in [-0.39, 0.29) is 5.97 Å². The maximum Gasteiger partial charge on any atom is 0.358 e. The van der Waals surface area contributed by atoms with E-state index in [1.807, 2.05) is 31.2 Å². The molecule has 0 aliphatic carbocycles. The predicted molar refractivity (Wildman–Crippen MR) is 79.1 cm³/mol. The number of carbonyl (C=O) groups is 1. The minimum atomic E-state index is -0.385. The zero-order valence-corrected chi connectivity index (χ0v) is 12.4. The number of rotatable bonds is 5. The highest BCUT2D eigenvalue weighted by Gasteiger charge is 2.16. The molecule has 20 heavy (non-hydrogen) atoms. The van der Waals surface area contributed by atoms with E-state index >= 15 is 0 Å². The first-order valence-electron chi connectivity index (χ1n) is 6.19. The highest BCUT2D eigenvalue weighted by molar-refractivity contribution is 7.15. The monoisotopic (exact) mass is 292 g/mol. The van der Waals surface area contributed by atoms with E-state index in [0.29, 0.717) is 17.4 Å². The largest absolute Gasteiger partial charge is 0.497 e. The molecule has 0 aliphatic heterocycles. The first kappa shape index (κ1) is 14.3. The van der Waals surface area contributed by atoms with Gasteiger partial charge in [0, 0.05) is 10.6 Å². The molecule has 2 rings (SSSR count). The van der Waals surface area contributed by atoms with E-state index in [9.17, 15) is 4.79 Å². The fourth-order valence-corrected chi connectivity index (χ4v) is 2.46. The zero-order valence-electron chi connectivity index (χ0n) is 11.6. The molecule has 1 aromatic heterocycles. The number of aryl methyl sites for hydroxylation is 1. The van der Waals surface area contributed by atoms with E-state index in [2.05, 4.69) is 10.3 Å². The molecule has 1 heterocycles. The molecular formula is C14H16N2O3S. The predicted octanol–water partition coefficient (Wildman–Crippen LogP) is 3.38. The summed E-state index contributed by atoms with van der Waals surface area (Å²) in [5.41, 5.74) is 1.25. The molecule has 0 radical (unpaired) electrons. The number of thiazole rings is 1. The quantitative estimate of drug-likeness (QED) is 0.856. The summed E-state index contributed by atoms with van der Waals surface area (Å²) in [6.45, 7) is 3.97. The molecule has 1 N–H and O–H groups in total. The van der Waals surface area contributed by atoms with Gasteiger partial charge in [-0.2, -0.15) is 0 Å². The molecule has 0 atom stereocenters. The molecule has 0 bridgehead atoms. The molecule has 0 amide bonds. The van der Waals surface area contributed by atoms with Crippen LogP contribution in [0.4, 0.5) is 10.8 Å². The molecule has 0 spiro atoms. The second-order valence-corrected chi connectivity index (χ2v) is 5.20. The molecular weight excluding hydrogens is 276 g/mol. The molecule has 2 aromatic rings. The Bertz CT molecular complexity index is 593. The number of aromatic nitrogens is 1. The van der Waals surface area contributed by atoms with Crippen LogP contribution in [0.5, 0.6) is 5.75 Å². The molecule has 106 valence electrons. The Labute approximate surface area is 121 Å². The van der Waals surface area contributed by atoms with Crippen molar-refractivity contribution in [1.29, 1.82) is 0 Å². The van der Waals surface area contributed by atoms with Gasteiger partial charge in [0.1, 0.15) is 5.75 Å². The van der Waals surface area contributed by atoms with Crippen LogP contribution in [-0.4, -0.2) is 24.7 Å². The average molecular weight is 292 g/mol. The summed E-state index contributed by atoms with van der Waals surface area (Å²) in [5, 5.41) is 3.82. The third-order valence-corrected chi connectivity index (χ3v) is 3.49. The third-order valence-electron chi connectivity index (χ3n) is 2.61. The van der Waals surface area contributed by atoms with Crippen molar-refractivity contribution in [2.24, 2.45) is 0 Å². The normalized spacial score (nSPS) is 10.2. The Hall–Kier alpha value is -2.08. The zero-order chi connectivity index (χ0) is 14.5. The van der Waals surface area contributed by atoms with Gasteiger partial charge in [-0.15, -0.1) is 11.3 Å². The van der Waals surface area contributed by atoms with Gasteiger partial charge in [0.2, 0.25) is 0 Å². The number of nitrogens with zero attached hydrogens (tertiary/aromatic N) is 1. The number of methoxy groups -OCH3 is 1. The maximum absolute atomic E-state index is 11.7. The number of benzene rings is 1. The maximum atomic E-state index is 11.7. The van der Waals surface area contributed by atoms with Crippen LogP contribution in [0.2, 0.25) is 0 Å². The van der Waals surface area contributed by atoms with Crippen molar-refractivity contribution >= 4 is 28.1 Å². The van der Waals surface area contributed by atoms with Gasteiger partial charge in [-0.3, -0.25) is 0 Å². The number of hydrogen-bond donors (Lipinski definition) is 1. The lowest BCUT2D eigenvalue weighted by Gasteiger charge is -2.03. The Morgan fingerprint density at radius 2 is 2.05 bits per heavy atom. The summed E-state index contributed by atoms with van der Waals surface area (Å²) in [7, 11) is 1.62. The van der Waals surface area contributed by atoms with Crippen LogP contribution >= 0.6 is 11.3 Å². The number of hydrogen-bond acceptors (Lipinski definition) is 6. The van der Waals surface area contributed by atoms with E-state index in [1.165, 1.54) is 11.3 Å².